The highest BCUT2D eigenvalue weighted by molar-refractivity contribution is 5.94. The lowest BCUT2D eigenvalue weighted by atomic mass is 9.93. The zero-order chi connectivity index (χ0) is 19.5. The lowest BCUT2D eigenvalue weighted by Gasteiger charge is -2.32. The minimum absolute atomic E-state index is 0.0323. The van der Waals surface area contributed by atoms with E-state index in [2.05, 4.69) is 10.1 Å². The van der Waals surface area contributed by atoms with Crippen LogP contribution in [-0.2, 0) is 6.54 Å². The molecule has 7 heteroatoms. The van der Waals surface area contributed by atoms with Gasteiger partial charge < -0.3 is 9.80 Å². The Kier molecular flexibility index (Phi) is 5.41. The van der Waals surface area contributed by atoms with Gasteiger partial charge in [0.15, 0.2) is 0 Å². The average Bonchev–Trinajstić information content (AvgIpc) is 3.45. The van der Waals surface area contributed by atoms with Gasteiger partial charge in [0.2, 0.25) is 0 Å². The zero-order valence-corrected chi connectivity index (χ0v) is 16.4. The summed E-state index contributed by atoms with van der Waals surface area (Å²) in [7, 11) is 0. The summed E-state index contributed by atoms with van der Waals surface area (Å²) >= 11 is 0. The third-order valence-electron chi connectivity index (χ3n) is 5.79. The molecule has 0 aliphatic carbocycles. The number of aryl methyl sites for hydroxylation is 1. The van der Waals surface area contributed by atoms with Gasteiger partial charge in [0, 0.05) is 56.7 Å². The summed E-state index contributed by atoms with van der Waals surface area (Å²) in [6.45, 7) is 5.76. The topological polar surface area (TPSA) is 71.3 Å². The van der Waals surface area contributed by atoms with E-state index >= 15 is 0 Å². The molecule has 0 saturated carbocycles. The summed E-state index contributed by atoms with van der Waals surface area (Å²) in [6, 6.07) is 5.63. The van der Waals surface area contributed by atoms with E-state index in [0.717, 1.165) is 51.0 Å². The van der Waals surface area contributed by atoms with Crippen molar-refractivity contribution in [1.29, 1.82) is 0 Å². The van der Waals surface area contributed by atoms with E-state index in [1.165, 1.54) is 0 Å². The van der Waals surface area contributed by atoms with Gasteiger partial charge in [-0.1, -0.05) is 0 Å². The Bertz CT molecular complexity index is 839. The summed E-state index contributed by atoms with van der Waals surface area (Å²) in [4.78, 5) is 33.8. The maximum atomic E-state index is 12.9. The molecule has 0 bridgehead atoms. The number of pyridine rings is 1. The Morgan fingerprint density at radius 3 is 2.54 bits per heavy atom. The molecular formula is C21H27N5O2. The third kappa shape index (κ3) is 3.66. The molecule has 1 atom stereocenters. The standard InChI is InChI=1S/C21H27N5O2/c1-2-26-19(9-10-23-26)21(28)25-13-5-6-17(15-25)18-8-7-16(14-22-18)20(27)24-11-3-4-12-24/h7-10,14,17H,2-6,11-13,15H2,1H3/t17-/m1/s1. The minimum atomic E-state index is 0.0323. The second kappa shape index (κ2) is 8.12. The molecule has 28 heavy (non-hydrogen) atoms. The van der Waals surface area contributed by atoms with Gasteiger partial charge in [-0.2, -0.15) is 5.10 Å². The highest BCUT2D eigenvalue weighted by Gasteiger charge is 2.28. The zero-order valence-electron chi connectivity index (χ0n) is 16.4. The number of aromatic nitrogens is 3. The summed E-state index contributed by atoms with van der Waals surface area (Å²) in [5, 5.41) is 4.21. The summed E-state index contributed by atoms with van der Waals surface area (Å²) < 4.78 is 1.74. The van der Waals surface area contributed by atoms with Crippen LogP contribution in [0.15, 0.2) is 30.6 Å². The molecule has 2 aliphatic heterocycles. The molecule has 0 spiro atoms. The minimum Gasteiger partial charge on any atom is -0.339 e. The van der Waals surface area contributed by atoms with Crippen LogP contribution in [0, 0.1) is 0 Å². The first kappa shape index (κ1) is 18.7. The van der Waals surface area contributed by atoms with Crippen LogP contribution in [0.4, 0.5) is 0 Å². The molecule has 2 saturated heterocycles. The molecule has 4 rings (SSSR count). The predicted molar refractivity (Wildman–Crippen MR) is 105 cm³/mol. The van der Waals surface area contributed by atoms with Gasteiger partial charge in [0.25, 0.3) is 11.8 Å². The predicted octanol–water partition coefficient (Wildman–Crippen LogP) is 2.55. The Hall–Kier alpha value is -2.70. The number of rotatable bonds is 4. The van der Waals surface area contributed by atoms with Crippen molar-refractivity contribution in [3.8, 4) is 0 Å². The van der Waals surface area contributed by atoms with Crippen LogP contribution in [-0.4, -0.2) is 62.6 Å². The van der Waals surface area contributed by atoms with Crippen molar-refractivity contribution >= 4 is 11.8 Å². The van der Waals surface area contributed by atoms with Crippen LogP contribution >= 0.6 is 0 Å². The molecule has 148 valence electrons. The summed E-state index contributed by atoms with van der Waals surface area (Å²) in [5.41, 5.74) is 2.25. The summed E-state index contributed by atoms with van der Waals surface area (Å²) in [6.07, 6.45) is 7.50. The second-order valence-electron chi connectivity index (χ2n) is 7.59. The highest BCUT2D eigenvalue weighted by atomic mass is 16.2. The number of hydrogen-bond donors (Lipinski definition) is 0. The molecule has 0 unspecified atom stereocenters. The third-order valence-corrected chi connectivity index (χ3v) is 5.79. The first-order valence-corrected chi connectivity index (χ1v) is 10.2. The van der Waals surface area contributed by atoms with E-state index in [1.54, 1.807) is 23.1 Å². The molecule has 0 aromatic carbocycles. The number of likely N-dealkylation sites (tertiary alicyclic amines) is 2. The lowest BCUT2D eigenvalue weighted by Crippen LogP contribution is -2.40. The highest BCUT2D eigenvalue weighted by Crippen LogP contribution is 2.27. The number of carbonyl (C=O) groups is 2. The second-order valence-corrected chi connectivity index (χ2v) is 7.59. The summed E-state index contributed by atoms with van der Waals surface area (Å²) in [5.74, 6) is 0.307. The van der Waals surface area contributed by atoms with Gasteiger partial charge in [-0.05, 0) is 50.8 Å². The molecule has 2 aliphatic rings. The van der Waals surface area contributed by atoms with E-state index in [0.29, 0.717) is 24.3 Å². The van der Waals surface area contributed by atoms with E-state index in [1.807, 2.05) is 28.9 Å². The van der Waals surface area contributed by atoms with E-state index in [4.69, 9.17) is 0 Å². The maximum Gasteiger partial charge on any atom is 0.272 e. The fraction of sp³-hybridized carbons (Fsp3) is 0.524. The van der Waals surface area contributed by atoms with Gasteiger partial charge in [-0.15, -0.1) is 0 Å². The molecule has 2 fully saturated rings. The quantitative estimate of drug-likeness (QED) is 0.816. The Balaban J connectivity index is 1.44. The van der Waals surface area contributed by atoms with Crippen molar-refractivity contribution in [3.05, 3.63) is 47.5 Å². The van der Waals surface area contributed by atoms with Gasteiger partial charge in [-0.25, -0.2) is 0 Å². The lowest BCUT2D eigenvalue weighted by molar-refractivity contribution is 0.0693. The Labute approximate surface area is 165 Å². The van der Waals surface area contributed by atoms with Crippen LogP contribution in [0.3, 0.4) is 0 Å². The van der Waals surface area contributed by atoms with Crippen LogP contribution in [0.1, 0.15) is 65.1 Å². The van der Waals surface area contributed by atoms with Gasteiger partial charge in [0.05, 0.1) is 5.56 Å². The van der Waals surface area contributed by atoms with Crippen LogP contribution in [0.5, 0.6) is 0 Å². The largest absolute Gasteiger partial charge is 0.339 e. The molecule has 2 aromatic heterocycles. The van der Waals surface area contributed by atoms with Crippen molar-refractivity contribution < 1.29 is 9.59 Å². The van der Waals surface area contributed by atoms with Crippen molar-refractivity contribution in [2.24, 2.45) is 0 Å². The van der Waals surface area contributed by atoms with Crippen LogP contribution in [0.2, 0.25) is 0 Å². The van der Waals surface area contributed by atoms with Gasteiger partial charge in [0.1, 0.15) is 5.69 Å². The van der Waals surface area contributed by atoms with Crippen molar-refractivity contribution in [1.82, 2.24) is 24.6 Å². The van der Waals surface area contributed by atoms with Gasteiger partial charge in [-0.3, -0.25) is 19.3 Å². The fourth-order valence-electron chi connectivity index (χ4n) is 4.21. The first-order valence-electron chi connectivity index (χ1n) is 10.2. The van der Waals surface area contributed by atoms with Crippen molar-refractivity contribution in [2.45, 2.75) is 45.1 Å². The number of piperidine rings is 1. The average molecular weight is 381 g/mol. The smallest absolute Gasteiger partial charge is 0.272 e. The molecule has 4 heterocycles. The number of hydrogen-bond acceptors (Lipinski definition) is 4. The number of amides is 2. The number of nitrogens with zero attached hydrogens (tertiary/aromatic N) is 5. The SMILES string of the molecule is CCn1nccc1C(=O)N1CCC[C@@H](c2ccc(C(=O)N3CCCC3)cn2)C1. The van der Waals surface area contributed by atoms with Gasteiger partial charge >= 0.3 is 0 Å². The monoisotopic (exact) mass is 381 g/mol. The van der Waals surface area contributed by atoms with E-state index in [-0.39, 0.29) is 17.7 Å². The normalized spacial score (nSPS) is 19.8. The van der Waals surface area contributed by atoms with Crippen LogP contribution in [0.25, 0.3) is 0 Å². The Morgan fingerprint density at radius 2 is 1.82 bits per heavy atom. The maximum absolute atomic E-state index is 12.9. The van der Waals surface area contributed by atoms with E-state index in [9.17, 15) is 9.59 Å². The first-order chi connectivity index (χ1) is 13.7. The fourth-order valence-corrected chi connectivity index (χ4v) is 4.21. The van der Waals surface area contributed by atoms with E-state index < -0.39 is 0 Å². The van der Waals surface area contributed by atoms with Crippen molar-refractivity contribution in [2.75, 3.05) is 26.2 Å². The molecule has 2 amide bonds. The van der Waals surface area contributed by atoms with Crippen molar-refractivity contribution in [3.63, 3.8) is 0 Å². The van der Waals surface area contributed by atoms with Crippen LogP contribution < -0.4 is 0 Å². The molecule has 7 nitrogen and oxygen atoms in total. The Morgan fingerprint density at radius 1 is 1.04 bits per heavy atom. The molecule has 0 N–H and O–H groups in total. The molecule has 0 radical (unpaired) electrons. The molecule has 2 aromatic rings. The number of carbonyl (C=O) groups excluding carboxylic acids is 2. The molecular weight excluding hydrogens is 354 g/mol.